The van der Waals surface area contributed by atoms with Crippen molar-refractivity contribution in [2.45, 2.75) is 31.9 Å². The van der Waals surface area contributed by atoms with Gasteiger partial charge in [0.15, 0.2) is 0 Å². The van der Waals surface area contributed by atoms with Crippen LogP contribution in [-0.2, 0) is 22.5 Å². The van der Waals surface area contributed by atoms with Gasteiger partial charge in [-0.3, -0.25) is 4.79 Å². The van der Waals surface area contributed by atoms with E-state index in [0.717, 1.165) is 41.9 Å². The molecule has 1 fully saturated rings. The quantitative estimate of drug-likeness (QED) is 0.707. The van der Waals surface area contributed by atoms with Gasteiger partial charge >= 0.3 is 0 Å². The van der Waals surface area contributed by atoms with E-state index >= 15 is 0 Å². The van der Waals surface area contributed by atoms with Crippen molar-refractivity contribution in [3.05, 3.63) is 64.9 Å². The Labute approximate surface area is 163 Å². The highest BCUT2D eigenvalue weighted by molar-refractivity contribution is 6.31. The summed E-state index contributed by atoms with van der Waals surface area (Å²) < 4.78 is 7.55. The third kappa shape index (κ3) is 4.15. The van der Waals surface area contributed by atoms with Crippen LogP contribution in [0.5, 0.6) is 0 Å². The van der Waals surface area contributed by atoms with Crippen molar-refractivity contribution in [1.82, 2.24) is 14.9 Å². The number of hydrogen-bond acceptors (Lipinski definition) is 3. The van der Waals surface area contributed by atoms with Gasteiger partial charge in [0.05, 0.1) is 17.1 Å². The van der Waals surface area contributed by atoms with Gasteiger partial charge < -0.3 is 14.6 Å². The first-order valence-electron chi connectivity index (χ1n) is 9.26. The molecule has 1 N–H and O–H groups in total. The fraction of sp³-hybridized carbons (Fsp3) is 0.333. The van der Waals surface area contributed by atoms with Crippen molar-refractivity contribution in [1.29, 1.82) is 0 Å². The number of nitrogens with zero attached hydrogens (tertiary/aromatic N) is 2. The maximum Gasteiger partial charge on any atom is 0.240 e. The van der Waals surface area contributed by atoms with E-state index in [0.29, 0.717) is 18.0 Å². The molecule has 0 radical (unpaired) electrons. The second kappa shape index (κ2) is 8.11. The van der Waals surface area contributed by atoms with Crippen LogP contribution in [0, 0.1) is 0 Å². The molecule has 1 unspecified atom stereocenters. The van der Waals surface area contributed by atoms with Gasteiger partial charge in [0.25, 0.3) is 0 Å². The van der Waals surface area contributed by atoms with Crippen molar-refractivity contribution in [2.75, 3.05) is 13.2 Å². The van der Waals surface area contributed by atoms with Gasteiger partial charge in [0.2, 0.25) is 5.91 Å². The van der Waals surface area contributed by atoms with Gasteiger partial charge in [0.1, 0.15) is 12.4 Å². The third-order valence-corrected chi connectivity index (χ3v) is 5.26. The average Bonchev–Trinajstić information content (AvgIpc) is 3.31. The van der Waals surface area contributed by atoms with Crippen molar-refractivity contribution in [3.8, 4) is 0 Å². The number of carbonyl (C=O) groups is 1. The Bertz CT molecular complexity index is 948. The normalized spacial score (nSPS) is 16.7. The first-order valence-corrected chi connectivity index (χ1v) is 9.64. The SMILES string of the molecule is O=C(Cn1c(Cc2ccccc2Cl)nc2ccccc21)NCC1CCCO1. The van der Waals surface area contributed by atoms with Crippen LogP contribution in [0.4, 0.5) is 0 Å². The summed E-state index contributed by atoms with van der Waals surface area (Å²) in [5, 5.41) is 3.70. The standard InChI is InChI=1S/C21H22ClN3O2/c22-17-8-2-1-6-15(17)12-20-24-18-9-3-4-10-19(18)25(20)14-21(26)23-13-16-7-5-11-27-16/h1-4,6,8-10,16H,5,7,11-14H2,(H,23,26). The van der Waals surface area contributed by atoms with E-state index in [1.807, 2.05) is 53.1 Å². The average molecular weight is 384 g/mol. The summed E-state index contributed by atoms with van der Waals surface area (Å²) >= 11 is 6.32. The van der Waals surface area contributed by atoms with Gasteiger partial charge in [0, 0.05) is 24.6 Å². The molecule has 0 saturated carbocycles. The molecule has 4 rings (SSSR count). The Morgan fingerprint density at radius 2 is 2.04 bits per heavy atom. The fourth-order valence-corrected chi connectivity index (χ4v) is 3.68. The maximum atomic E-state index is 12.5. The minimum atomic E-state index is -0.0333. The lowest BCUT2D eigenvalue weighted by atomic mass is 10.1. The summed E-state index contributed by atoms with van der Waals surface area (Å²) in [7, 11) is 0. The number of amides is 1. The highest BCUT2D eigenvalue weighted by atomic mass is 35.5. The molecular formula is C21H22ClN3O2. The van der Waals surface area contributed by atoms with Gasteiger partial charge in [-0.05, 0) is 36.6 Å². The zero-order valence-electron chi connectivity index (χ0n) is 15.0. The Morgan fingerprint density at radius 1 is 1.22 bits per heavy atom. The molecule has 1 aliphatic heterocycles. The molecule has 0 aliphatic carbocycles. The summed E-state index contributed by atoms with van der Waals surface area (Å²) in [5.74, 6) is 0.797. The number of carbonyl (C=O) groups excluding carboxylic acids is 1. The number of para-hydroxylation sites is 2. The Morgan fingerprint density at radius 3 is 2.85 bits per heavy atom. The second-order valence-electron chi connectivity index (χ2n) is 6.81. The van der Waals surface area contributed by atoms with Crippen LogP contribution in [0.3, 0.4) is 0 Å². The summed E-state index contributed by atoms with van der Waals surface area (Å²) in [6.07, 6.45) is 2.78. The van der Waals surface area contributed by atoms with E-state index in [1.54, 1.807) is 0 Å². The largest absolute Gasteiger partial charge is 0.376 e. The molecule has 1 aliphatic rings. The molecule has 2 aromatic carbocycles. The van der Waals surface area contributed by atoms with Crippen LogP contribution >= 0.6 is 11.6 Å². The van der Waals surface area contributed by atoms with Crippen molar-refractivity contribution >= 4 is 28.5 Å². The second-order valence-corrected chi connectivity index (χ2v) is 7.22. The third-order valence-electron chi connectivity index (χ3n) is 4.89. The zero-order chi connectivity index (χ0) is 18.6. The number of benzene rings is 2. The molecule has 1 saturated heterocycles. The van der Waals surface area contributed by atoms with E-state index < -0.39 is 0 Å². The molecule has 3 aromatic rings. The summed E-state index contributed by atoms with van der Waals surface area (Å²) in [6, 6.07) is 15.6. The predicted molar refractivity (Wildman–Crippen MR) is 106 cm³/mol. The summed E-state index contributed by atoms with van der Waals surface area (Å²) in [6.45, 7) is 1.58. The minimum Gasteiger partial charge on any atom is -0.376 e. The van der Waals surface area contributed by atoms with Crippen LogP contribution in [-0.4, -0.2) is 34.7 Å². The monoisotopic (exact) mass is 383 g/mol. The lowest BCUT2D eigenvalue weighted by Crippen LogP contribution is -2.34. The zero-order valence-corrected chi connectivity index (χ0v) is 15.8. The number of fused-ring (bicyclic) bond motifs is 1. The van der Waals surface area contributed by atoms with E-state index in [2.05, 4.69) is 5.32 Å². The summed E-state index contributed by atoms with van der Waals surface area (Å²) in [5.41, 5.74) is 2.83. The Balaban J connectivity index is 1.56. The van der Waals surface area contributed by atoms with Crippen LogP contribution in [0.15, 0.2) is 48.5 Å². The number of hydrogen-bond donors (Lipinski definition) is 1. The molecule has 6 heteroatoms. The molecule has 140 valence electrons. The van der Waals surface area contributed by atoms with Gasteiger partial charge in [-0.15, -0.1) is 0 Å². The molecule has 0 spiro atoms. The van der Waals surface area contributed by atoms with E-state index in [-0.39, 0.29) is 18.6 Å². The predicted octanol–water partition coefficient (Wildman–Crippen LogP) is 3.58. The smallest absolute Gasteiger partial charge is 0.240 e. The van der Waals surface area contributed by atoms with Crippen LogP contribution in [0.25, 0.3) is 11.0 Å². The highest BCUT2D eigenvalue weighted by Crippen LogP contribution is 2.22. The van der Waals surface area contributed by atoms with Crippen molar-refractivity contribution < 1.29 is 9.53 Å². The van der Waals surface area contributed by atoms with Gasteiger partial charge in [-0.25, -0.2) is 4.98 Å². The molecule has 0 bridgehead atoms. The van der Waals surface area contributed by atoms with Crippen molar-refractivity contribution in [2.24, 2.45) is 0 Å². The lowest BCUT2D eigenvalue weighted by Gasteiger charge is -2.13. The molecular weight excluding hydrogens is 362 g/mol. The molecule has 2 heterocycles. The molecule has 1 aromatic heterocycles. The van der Waals surface area contributed by atoms with Crippen LogP contribution in [0.1, 0.15) is 24.2 Å². The Hall–Kier alpha value is -2.37. The number of aromatic nitrogens is 2. The van der Waals surface area contributed by atoms with Crippen LogP contribution < -0.4 is 5.32 Å². The number of ether oxygens (including phenoxy) is 1. The molecule has 27 heavy (non-hydrogen) atoms. The first-order chi connectivity index (χ1) is 13.2. The highest BCUT2D eigenvalue weighted by Gasteiger charge is 2.18. The fourth-order valence-electron chi connectivity index (χ4n) is 3.48. The minimum absolute atomic E-state index is 0.0333. The summed E-state index contributed by atoms with van der Waals surface area (Å²) in [4.78, 5) is 17.3. The first kappa shape index (κ1) is 18.0. The molecule has 1 amide bonds. The number of nitrogens with one attached hydrogen (secondary N) is 1. The van der Waals surface area contributed by atoms with E-state index in [1.165, 1.54) is 0 Å². The topological polar surface area (TPSA) is 56.2 Å². The molecule has 1 atom stereocenters. The number of rotatable bonds is 6. The van der Waals surface area contributed by atoms with E-state index in [4.69, 9.17) is 21.3 Å². The van der Waals surface area contributed by atoms with Crippen molar-refractivity contribution in [3.63, 3.8) is 0 Å². The van der Waals surface area contributed by atoms with Gasteiger partial charge in [-0.1, -0.05) is 41.9 Å². The Kier molecular flexibility index (Phi) is 5.41. The molecule has 5 nitrogen and oxygen atoms in total. The van der Waals surface area contributed by atoms with Crippen LogP contribution in [0.2, 0.25) is 5.02 Å². The number of imidazole rings is 1. The maximum absolute atomic E-state index is 12.5. The lowest BCUT2D eigenvalue weighted by molar-refractivity contribution is -0.122. The van der Waals surface area contributed by atoms with Gasteiger partial charge in [-0.2, -0.15) is 0 Å². The van der Waals surface area contributed by atoms with E-state index in [9.17, 15) is 4.79 Å². The number of halogens is 1.